The summed E-state index contributed by atoms with van der Waals surface area (Å²) in [5.41, 5.74) is 8.30. The number of hydrogen-bond donors (Lipinski definition) is 1. The highest BCUT2D eigenvalue weighted by Crippen LogP contribution is 2.63. The van der Waals surface area contributed by atoms with E-state index < -0.39 is 0 Å². The summed E-state index contributed by atoms with van der Waals surface area (Å²) in [6.07, 6.45) is 5.13. The van der Waals surface area contributed by atoms with Crippen molar-refractivity contribution in [3.8, 4) is 5.75 Å². The SMILES string of the molecule is C/C=C1/C[N+]2(CC(=O)c3c(C)n(C)c4ccc(OC)cc34)CC[C@]34C(=C(C=O)[C@H]1C[C@@H]32)Nc1ccccc14.[Cl-]. The van der Waals surface area contributed by atoms with Crippen LogP contribution in [0.2, 0.25) is 0 Å². The number of carbonyl (C=O) groups excluding carboxylic acids is 2. The summed E-state index contributed by atoms with van der Waals surface area (Å²) >= 11 is 0. The third-order valence-corrected chi connectivity index (χ3v) is 10.3. The van der Waals surface area contributed by atoms with Gasteiger partial charge in [-0.15, -0.1) is 0 Å². The second kappa shape index (κ2) is 8.83. The Morgan fingerprint density at radius 2 is 2.05 bits per heavy atom. The third-order valence-electron chi connectivity index (χ3n) is 10.3. The average molecular weight is 544 g/mol. The zero-order valence-electron chi connectivity index (χ0n) is 22.9. The van der Waals surface area contributed by atoms with E-state index >= 15 is 0 Å². The van der Waals surface area contributed by atoms with Gasteiger partial charge in [-0.25, -0.2) is 0 Å². The number of rotatable bonds is 5. The fourth-order valence-corrected chi connectivity index (χ4v) is 8.52. The van der Waals surface area contributed by atoms with Crippen LogP contribution < -0.4 is 22.5 Å². The quantitative estimate of drug-likeness (QED) is 0.232. The topological polar surface area (TPSA) is 60.3 Å². The first-order valence-corrected chi connectivity index (χ1v) is 13.6. The predicted molar refractivity (Wildman–Crippen MR) is 149 cm³/mol. The van der Waals surface area contributed by atoms with Crippen LogP contribution in [-0.2, 0) is 17.3 Å². The number of benzene rings is 2. The van der Waals surface area contributed by atoms with Gasteiger partial charge in [0.2, 0.25) is 5.78 Å². The second-order valence-electron chi connectivity index (χ2n) is 11.6. The van der Waals surface area contributed by atoms with E-state index in [-0.39, 0.29) is 35.6 Å². The van der Waals surface area contributed by atoms with E-state index in [0.717, 1.165) is 81.6 Å². The van der Waals surface area contributed by atoms with Crippen molar-refractivity contribution in [3.63, 3.8) is 0 Å². The maximum Gasteiger partial charge on any atom is 0.219 e. The maximum absolute atomic E-state index is 14.4. The summed E-state index contributed by atoms with van der Waals surface area (Å²) in [6, 6.07) is 14.8. The molecular weight excluding hydrogens is 510 g/mol. The van der Waals surface area contributed by atoms with Gasteiger partial charge in [0.1, 0.15) is 31.2 Å². The van der Waals surface area contributed by atoms with Crippen molar-refractivity contribution in [1.82, 2.24) is 4.57 Å². The Morgan fingerprint density at radius 3 is 2.79 bits per heavy atom. The van der Waals surface area contributed by atoms with E-state index in [0.29, 0.717) is 6.54 Å². The first-order valence-electron chi connectivity index (χ1n) is 13.6. The van der Waals surface area contributed by atoms with Crippen LogP contribution in [0.5, 0.6) is 5.75 Å². The molecular formula is C32H34ClN3O3. The molecule has 1 aromatic heterocycles. The molecule has 0 saturated carbocycles. The molecule has 2 aromatic carbocycles. The zero-order chi connectivity index (χ0) is 26.4. The molecule has 0 amide bonds. The standard InChI is InChI=1S/C32H33N3O3.ClH/c1-5-20-16-35(17-28(37)30-19(2)34(3)27-11-10-21(38-4)14-23(27)30)13-12-32-25-8-6-7-9-26(25)33-31(32)24(18-36)22(20)15-29(32)35;/h5-11,14,18,22,29H,12-13,15-17H2,1-4H3;1H/b20-5-;/t22-,29-,32+,35?;/m0./s1. The van der Waals surface area contributed by atoms with Gasteiger partial charge in [0.25, 0.3) is 0 Å². The summed E-state index contributed by atoms with van der Waals surface area (Å²) in [5, 5.41) is 4.65. The number of quaternary nitrogens is 1. The van der Waals surface area contributed by atoms with Gasteiger partial charge in [0, 0.05) is 59.4 Å². The minimum Gasteiger partial charge on any atom is -1.00 e. The Morgan fingerprint density at radius 1 is 1.26 bits per heavy atom. The molecule has 7 heteroatoms. The van der Waals surface area contributed by atoms with Crippen LogP contribution in [0.3, 0.4) is 0 Å². The third kappa shape index (κ3) is 3.19. The normalized spacial score (nSPS) is 29.1. The molecule has 4 heterocycles. The summed E-state index contributed by atoms with van der Waals surface area (Å²) in [5.74, 6) is 1.08. The van der Waals surface area contributed by atoms with E-state index in [9.17, 15) is 9.59 Å². The monoisotopic (exact) mass is 543 g/mol. The summed E-state index contributed by atoms with van der Waals surface area (Å²) in [4.78, 5) is 26.9. The minimum absolute atomic E-state index is 0. The lowest BCUT2D eigenvalue weighted by Crippen LogP contribution is -3.00. The molecule has 202 valence electrons. The molecule has 3 aromatic rings. The van der Waals surface area contributed by atoms with Gasteiger partial charge in [-0.1, -0.05) is 24.3 Å². The molecule has 1 unspecified atom stereocenters. The number of allylic oxidation sites excluding steroid dienone is 2. The number of ketones is 1. The number of Topliss-reactive ketones (excluding diaryl/α,β-unsaturated/α-hetero) is 1. The maximum atomic E-state index is 14.4. The van der Waals surface area contributed by atoms with Crippen molar-refractivity contribution in [3.05, 3.63) is 82.2 Å². The van der Waals surface area contributed by atoms with Gasteiger partial charge < -0.3 is 31.5 Å². The molecule has 2 fully saturated rings. The van der Waals surface area contributed by atoms with Gasteiger partial charge in [-0.3, -0.25) is 9.59 Å². The lowest BCUT2D eigenvalue weighted by Gasteiger charge is -2.53. The minimum atomic E-state index is -0.236. The number of nitrogens with zero attached hydrogens (tertiary/aromatic N) is 2. The number of methoxy groups -OCH3 is 1. The number of anilines is 1. The van der Waals surface area contributed by atoms with Crippen molar-refractivity contribution < 1.29 is 31.2 Å². The van der Waals surface area contributed by atoms with Crippen molar-refractivity contribution in [2.75, 3.05) is 32.1 Å². The van der Waals surface area contributed by atoms with E-state index in [4.69, 9.17) is 4.74 Å². The van der Waals surface area contributed by atoms with Crippen LogP contribution in [0, 0.1) is 12.8 Å². The Hall–Kier alpha value is -3.35. The van der Waals surface area contributed by atoms with Crippen LogP contribution in [0.1, 0.15) is 41.4 Å². The Labute approximate surface area is 235 Å². The summed E-state index contributed by atoms with van der Waals surface area (Å²) < 4.78 is 8.38. The molecule has 0 radical (unpaired) electrons. The van der Waals surface area contributed by atoms with Gasteiger partial charge in [0.15, 0.2) is 0 Å². The van der Waals surface area contributed by atoms with Gasteiger partial charge >= 0.3 is 0 Å². The fraction of sp³-hybridized carbons (Fsp3) is 0.375. The number of piperidine rings is 1. The molecule has 1 spiro atoms. The number of hydrogen-bond acceptors (Lipinski definition) is 4. The molecule has 2 bridgehead atoms. The molecule has 7 rings (SSSR count). The summed E-state index contributed by atoms with van der Waals surface area (Å²) in [7, 11) is 3.70. The number of aldehydes is 1. The Kier molecular flexibility index (Phi) is 5.87. The van der Waals surface area contributed by atoms with Crippen molar-refractivity contribution >= 4 is 28.7 Å². The van der Waals surface area contributed by atoms with Crippen LogP contribution in [-0.4, -0.2) is 53.9 Å². The van der Waals surface area contributed by atoms with Crippen molar-refractivity contribution in [2.24, 2.45) is 13.0 Å². The van der Waals surface area contributed by atoms with Crippen LogP contribution in [0.25, 0.3) is 10.9 Å². The number of aromatic nitrogens is 1. The van der Waals surface area contributed by atoms with E-state index in [2.05, 4.69) is 47.1 Å². The van der Waals surface area contributed by atoms with Crippen LogP contribution in [0.4, 0.5) is 5.69 Å². The largest absolute Gasteiger partial charge is 1.00 e. The molecule has 6 nitrogen and oxygen atoms in total. The van der Waals surface area contributed by atoms with Crippen molar-refractivity contribution in [2.45, 2.75) is 38.1 Å². The molecule has 39 heavy (non-hydrogen) atoms. The smallest absolute Gasteiger partial charge is 0.219 e. The zero-order valence-corrected chi connectivity index (χ0v) is 23.6. The number of para-hydroxylation sites is 1. The Bertz CT molecular complexity index is 1620. The fourth-order valence-electron chi connectivity index (χ4n) is 8.52. The molecule has 3 aliphatic heterocycles. The lowest BCUT2D eigenvalue weighted by atomic mass is 9.61. The molecule has 1 N–H and O–H groups in total. The van der Waals surface area contributed by atoms with E-state index in [1.54, 1.807) is 7.11 Å². The lowest BCUT2D eigenvalue weighted by molar-refractivity contribution is -0.934. The number of halogens is 1. The number of carbonyl (C=O) groups is 2. The highest BCUT2D eigenvalue weighted by atomic mass is 35.5. The van der Waals surface area contributed by atoms with Crippen LogP contribution >= 0.6 is 0 Å². The van der Waals surface area contributed by atoms with Gasteiger partial charge in [-0.2, -0.15) is 0 Å². The number of ether oxygens (including phenoxy) is 1. The number of fused-ring (bicyclic) bond motifs is 3. The highest BCUT2D eigenvalue weighted by Gasteiger charge is 2.68. The first-order chi connectivity index (χ1) is 18.4. The first kappa shape index (κ1) is 25.9. The number of aryl methyl sites for hydroxylation is 1. The summed E-state index contributed by atoms with van der Waals surface area (Å²) in [6.45, 7) is 6.32. The predicted octanol–water partition coefficient (Wildman–Crippen LogP) is 2.07. The van der Waals surface area contributed by atoms with Gasteiger partial charge in [-0.05, 0) is 49.2 Å². The highest BCUT2D eigenvalue weighted by molar-refractivity contribution is 6.10. The van der Waals surface area contributed by atoms with Crippen molar-refractivity contribution in [1.29, 1.82) is 0 Å². The average Bonchev–Trinajstić information content (AvgIpc) is 3.54. The molecule has 2 saturated heterocycles. The molecule has 4 atom stereocenters. The second-order valence-corrected chi connectivity index (χ2v) is 11.6. The number of nitrogens with one attached hydrogen (secondary N) is 1. The molecule has 1 aliphatic carbocycles. The van der Waals surface area contributed by atoms with Gasteiger partial charge in [0.05, 0.1) is 24.6 Å². The van der Waals surface area contributed by atoms with Crippen LogP contribution in [0.15, 0.2) is 65.4 Å². The van der Waals surface area contributed by atoms with E-state index in [1.165, 1.54) is 11.1 Å². The Balaban J connectivity index is 0.00000277. The van der Waals surface area contributed by atoms with E-state index in [1.807, 2.05) is 32.2 Å². The molecule has 4 aliphatic rings.